The summed E-state index contributed by atoms with van der Waals surface area (Å²) < 4.78 is 5.90. The molecular formula is C22H21NO4. The molecule has 1 aromatic heterocycles. The maximum atomic E-state index is 13.0. The number of nitrogens with zero attached hydrogens (tertiary/aromatic N) is 1. The number of phenolic OH excluding ortho intramolecular Hbond substituents is 1. The molecule has 3 aromatic rings. The van der Waals surface area contributed by atoms with E-state index in [4.69, 9.17) is 4.42 Å². The summed E-state index contributed by atoms with van der Waals surface area (Å²) in [6.45, 7) is 2.99. The number of furan rings is 1. The highest BCUT2D eigenvalue weighted by Crippen LogP contribution is 2.31. The fourth-order valence-corrected chi connectivity index (χ4v) is 3.85. The number of para-hydroxylation sites is 1. The van der Waals surface area contributed by atoms with Gasteiger partial charge in [-0.2, -0.15) is 0 Å². The zero-order chi connectivity index (χ0) is 19.0. The standard InChI is InChI=1S/C22H21NO4/c1-2-19-18(17-5-3-4-6-20(17)27-19)11-21(25)23-10-9-16-14(12-23)7-8-15(13-24)22(16)26/h3-8,13,26H,2,9-12H2,1H3. The van der Waals surface area contributed by atoms with Crippen molar-refractivity contribution in [3.05, 3.63) is 64.4 Å². The zero-order valence-corrected chi connectivity index (χ0v) is 15.2. The molecule has 5 nitrogen and oxygen atoms in total. The van der Waals surface area contributed by atoms with Crippen LogP contribution in [0, 0.1) is 0 Å². The number of aromatic hydroxyl groups is 1. The van der Waals surface area contributed by atoms with Crippen molar-refractivity contribution in [2.75, 3.05) is 6.54 Å². The monoisotopic (exact) mass is 363 g/mol. The van der Waals surface area contributed by atoms with E-state index in [0.717, 1.165) is 39.8 Å². The average Bonchev–Trinajstić information content (AvgIpc) is 3.05. The number of aryl methyl sites for hydroxylation is 1. The van der Waals surface area contributed by atoms with Crippen LogP contribution < -0.4 is 0 Å². The van der Waals surface area contributed by atoms with Gasteiger partial charge in [-0.25, -0.2) is 0 Å². The second kappa shape index (κ2) is 6.91. The predicted molar refractivity (Wildman–Crippen MR) is 102 cm³/mol. The third-order valence-electron chi connectivity index (χ3n) is 5.31. The van der Waals surface area contributed by atoms with Gasteiger partial charge < -0.3 is 14.4 Å². The molecule has 0 aliphatic carbocycles. The molecule has 0 spiro atoms. The molecular weight excluding hydrogens is 342 g/mol. The number of phenols is 1. The van der Waals surface area contributed by atoms with Crippen molar-refractivity contribution in [1.29, 1.82) is 0 Å². The minimum absolute atomic E-state index is 0.0425. The number of hydrogen-bond donors (Lipinski definition) is 1. The Bertz CT molecular complexity index is 1030. The summed E-state index contributed by atoms with van der Waals surface area (Å²) in [7, 11) is 0. The summed E-state index contributed by atoms with van der Waals surface area (Å²) in [5.74, 6) is 0.944. The lowest BCUT2D eigenvalue weighted by Gasteiger charge is -2.29. The molecule has 1 N–H and O–H groups in total. The Morgan fingerprint density at radius 1 is 1.26 bits per heavy atom. The van der Waals surface area contributed by atoms with Crippen LogP contribution in [0.2, 0.25) is 0 Å². The molecule has 1 amide bonds. The summed E-state index contributed by atoms with van der Waals surface area (Å²) in [5.41, 5.74) is 3.73. The highest BCUT2D eigenvalue weighted by atomic mass is 16.3. The van der Waals surface area contributed by atoms with Gasteiger partial charge in [-0.3, -0.25) is 9.59 Å². The van der Waals surface area contributed by atoms with Gasteiger partial charge in [0.15, 0.2) is 6.29 Å². The van der Waals surface area contributed by atoms with Crippen molar-refractivity contribution >= 4 is 23.2 Å². The summed E-state index contributed by atoms with van der Waals surface area (Å²) in [6.07, 6.45) is 2.24. The lowest BCUT2D eigenvalue weighted by atomic mass is 9.95. The molecule has 2 heterocycles. The van der Waals surface area contributed by atoms with E-state index in [-0.39, 0.29) is 11.7 Å². The minimum Gasteiger partial charge on any atom is -0.507 e. The molecule has 5 heteroatoms. The fourth-order valence-electron chi connectivity index (χ4n) is 3.85. The third kappa shape index (κ3) is 2.99. The lowest BCUT2D eigenvalue weighted by Crippen LogP contribution is -2.37. The Kier molecular flexibility index (Phi) is 4.44. The van der Waals surface area contributed by atoms with Crippen molar-refractivity contribution in [2.24, 2.45) is 0 Å². The van der Waals surface area contributed by atoms with E-state index in [1.807, 2.05) is 42.2 Å². The van der Waals surface area contributed by atoms with Crippen molar-refractivity contribution in [3.8, 4) is 5.75 Å². The summed E-state index contributed by atoms with van der Waals surface area (Å²) in [4.78, 5) is 25.8. The molecule has 1 aliphatic rings. The van der Waals surface area contributed by atoms with E-state index in [1.165, 1.54) is 0 Å². The van der Waals surface area contributed by atoms with Crippen molar-refractivity contribution in [2.45, 2.75) is 32.7 Å². The normalized spacial score (nSPS) is 13.6. The number of amides is 1. The molecule has 0 unspecified atom stereocenters. The van der Waals surface area contributed by atoms with Crippen LogP contribution in [0.4, 0.5) is 0 Å². The summed E-state index contributed by atoms with van der Waals surface area (Å²) in [5, 5.41) is 11.2. The average molecular weight is 363 g/mol. The summed E-state index contributed by atoms with van der Waals surface area (Å²) in [6, 6.07) is 11.2. The number of hydrogen-bond acceptors (Lipinski definition) is 4. The highest BCUT2D eigenvalue weighted by molar-refractivity contribution is 5.89. The number of carbonyl (C=O) groups is 2. The van der Waals surface area contributed by atoms with E-state index >= 15 is 0 Å². The predicted octanol–water partition coefficient (Wildman–Crippen LogP) is 3.64. The van der Waals surface area contributed by atoms with Gasteiger partial charge >= 0.3 is 0 Å². The number of fused-ring (bicyclic) bond motifs is 2. The van der Waals surface area contributed by atoms with Gasteiger partial charge in [0.05, 0.1) is 12.0 Å². The van der Waals surface area contributed by atoms with E-state index < -0.39 is 0 Å². The van der Waals surface area contributed by atoms with Crippen LogP contribution in [0.25, 0.3) is 11.0 Å². The quantitative estimate of drug-likeness (QED) is 0.719. The maximum Gasteiger partial charge on any atom is 0.227 e. The molecule has 138 valence electrons. The largest absolute Gasteiger partial charge is 0.507 e. The molecule has 4 rings (SSSR count). The van der Waals surface area contributed by atoms with Crippen LogP contribution in [0.5, 0.6) is 5.75 Å². The molecule has 0 radical (unpaired) electrons. The molecule has 27 heavy (non-hydrogen) atoms. The fraction of sp³-hybridized carbons (Fsp3) is 0.273. The van der Waals surface area contributed by atoms with E-state index in [9.17, 15) is 14.7 Å². The van der Waals surface area contributed by atoms with Gasteiger partial charge in [-0.15, -0.1) is 0 Å². The molecule has 1 aliphatic heterocycles. The minimum atomic E-state index is 0.0425. The van der Waals surface area contributed by atoms with Gasteiger partial charge in [-0.05, 0) is 24.1 Å². The van der Waals surface area contributed by atoms with E-state index in [2.05, 4.69) is 0 Å². The highest BCUT2D eigenvalue weighted by Gasteiger charge is 2.25. The van der Waals surface area contributed by atoms with Gasteiger partial charge in [0, 0.05) is 36.0 Å². The van der Waals surface area contributed by atoms with Crippen LogP contribution in [0.1, 0.15) is 39.7 Å². The van der Waals surface area contributed by atoms with Crippen LogP contribution in [0.3, 0.4) is 0 Å². The molecule has 0 saturated heterocycles. The number of carbonyl (C=O) groups excluding carboxylic acids is 2. The van der Waals surface area contributed by atoms with E-state index in [1.54, 1.807) is 6.07 Å². The first kappa shape index (κ1) is 17.3. The smallest absolute Gasteiger partial charge is 0.227 e. The number of benzene rings is 2. The Morgan fingerprint density at radius 3 is 2.85 bits per heavy atom. The van der Waals surface area contributed by atoms with Gasteiger partial charge in [-0.1, -0.05) is 31.2 Å². The van der Waals surface area contributed by atoms with Crippen molar-refractivity contribution < 1.29 is 19.1 Å². The first-order valence-electron chi connectivity index (χ1n) is 9.18. The van der Waals surface area contributed by atoms with Crippen LogP contribution in [-0.2, 0) is 30.6 Å². The second-order valence-corrected chi connectivity index (χ2v) is 6.85. The topological polar surface area (TPSA) is 70.8 Å². The Morgan fingerprint density at radius 2 is 2.07 bits per heavy atom. The zero-order valence-electron chi connectivity index (χ0n) is 15.2. The SMILES string of the molecule is CCc1oc2ccccc2c1CC(=O)N1CCc2c(ccc(C=O)c2O)C1. The first-order valence-corrected chi connectivity index (χ1v) is 9.18. The Hall–Kier alpha value is -3.08. The van der Waals surface area contributed by atoms with Gasteiger partial charge in [0.1, 0.15) is 17.1 Å². The molecule has 0 atom stereocenters. The van der Waals surface area contributed by atoms with E-state index in [0.29, 0.717) is 37.8 Å². The molecule has 2 aromatic carbocycles. The van der Waals surface area contributed by atoms with Crippen LogP contribution in [0.15, 0.2) is 40.8 Å². The van der Waals surface area contributed by atoms with Crippen molar-refractivity contribution in [1.82, 2.24) is 4.90 Å². The first-order chi connectivity index (χ1) is 13.1. The van der Waals surface area contributed by atoms with Crippen LogP contribution in [-0.4, -0.2) is 28.7 Å². The maximum absolute atomic E-state index is 13.0. The Labute approximate surface area is 157 Å². The summed E-state index contributed by atoms with van der Waals surface area (Å²) >= 11 is 0. The molecule has 0 bridgehead atoms. The molecule has 0 fully saturated rings. The number of aldehydes is 1. The lowest BCUT2D eigenvalue weighted by molar-refractivity contribution is -0.131. The second-order valence-electron chi connectivity index (χ2n) is 6.85. The third-order valence-corrected chi connectivity index (χ3v) is 5.31. The van der Waals surface area contributed by atoms with Crippen molar-refractivity contribution in [3.63, 3.8) is 0 Å². The number of rotatable bonds is 4. The van der Waals surface area contributed by atoms with Gasteiger partial charge in [0.25, 0.3) is 0 Å². The van der Waals surface area contributed by atoms with Gasteiger partial charge in [0.2, 0.25) is 5.91 Å². The Balaban J connectivity index is 1.58. The van der Waals surface area contributed by atoms with Crippen LogP contribution >= 0.6 is 0 Å². The molecule has 0 saturated carbocycles.